The minimum atomic E-state index is -0.112. The van der Waals surface area contributed by atoms with Gasteiger partial charge in [0, 0.05) is 25.7 Å². The van der Waals surface area contributed by atoms with Crippen LogP contribution in [0.1, 0.15) is 63.1 Å². The summed E-state index contributed by atoms with van der Waals surface area (Å²) in [6, 6.07) is 14.1. The number of nitrogens with one attached hydrogen (secondary N) is 1. The first-order valence-electron chi connectivity index (χ1n) is 10.4. The van der Waals surface area contributed by atoms with Gasteiger partial charge < -0.3 is 10.3 Å². The van der Waals surface area contributed by atoms with E-state index in [2.05, 4.69) is 29.5 Å². The molecule has 0 spiro atoms. The third-order valence-corrected chi connectivity index (χ3v) is 6.26. The minimum absolute atomic E-state index is 0.101. The van der Waals surface area contributed by atoms with Gasteiger partial charge in [-0.15, -0.1) is 0 Å². The average molecular weight is 402 g/mol. The number of aryl methyl sites for hydroxylation is 2. The van der Waals surface area contributed by atoms with E-state index in [1.54, 1.807) is 6.34 Å². The Balaban J connectivity index is 1.49. The Hall–Kier alpha value is -3.17. The van der Waals surface area contributed by atoms with Crippen LogP contribution in [-0.2, 0) is 0 Å². The predicted octanol–water partition coefficient (Wildman–Crippen LogP) is 3.67. The molecule has 4 rings (SSSR count). The fourth-order valence-electron chi connectivity index (χ4n) is 4.45. The number of rotatable bonds is 3. The highest BCUT2D eigenvalue weighted by molar-refractivity contribution is 5.96. The molecule has 0 bridgehead atoms. The fourth-order valence-corrected chi connectivity index (χ4v) is 4.45. The minimum Gasteiger partial charge on any atom is -0.339 e. The van der Waals surface area contributed by atoms with Crippen molar-refractivity contribution in [2.24, 2.45) is 4.99 Å². The second kappa shape index (κ2) is 8.29. The van der Waals surface area contributed by atoms with Crippen LogP contribution >= 0.6 is 0 Å². The monoisotopic (exact) mass is 401 g/mol. The van der Waals surface area contributed by atoms with Crippen molar-refractivity contribution in [3.63, 3.8) is 0 Å². The molecule has 1 N–H and O–H groups in total. The number of amides is 1. The number of carbonyl (C=O) groups is 1. The highest BCUT2D eigenvalue weighted by Gasteiger charge is 2.28. The van der Waals surface area contributed by atoms with Crippen LogP contribution in [0, 0.1) is 25.2 Å². The van der Waals surface area contributed by atoms with Crippen molar-refractivity contribution >= 4 is 12.2 Å². The van der Waals surface area contributed by atoms with Gasteiger partial charge in [-0.1, -0.05) is 18.2 Å². The van der Waals surface area contributed by atoms with Crippen molar-refractivity contribution < 1.29 is 4.79 Å². The van der Waals surface area contributed by atoms with E-state index in [-0.39, 0.29) is 12.1 Å². The first-order chi connectivity index (χ1) is 14.5. The lowest BCUT2D eigenvalue weighted by Crippen LogP contribution is -2.38. The molecule has 1 unspecified atom stereocenters. The molecule has 2 aliphatic rings. The van der Waals surface area contributed by atoms with Crippen LogP contribution in [0.4, 0.5) is 0 Å². The van der Waals surface area contributed by atoms with Gasteiger partial charge in [0.15, 0.2) is 0 Å². The maximum absolute atomic E-state index is 13.3. The molecule has 1 amide bonds. The second-order valence-electron chi connectivity index (χ2n) is 8.22. The summed E-state index contributed by atoms with van der Waals surface area (Å²) in [4.78, 5) is 19.8. The van der Waals surface area contributed by atoms with Crippen LogP contribution in [0.3, 0.4) is 0 Å². The highest BCUT2D eigenvalue weighted by Crippen LogP contribution is 2.31. The number of hydrazine groups is 1. The normalized spacial score (nSPS) is 19.5. The van der Waals surface area contributed by atoms with Gasteiger partial charge in [0.05, 0.1) is 18.0 Å². The van der Waals surface area contributed by atoms with Crippen molar-refractivity contribution in [2.75, 3.05) is 20.1 Å². The number of hydrogen-bond acceptors (Lipinski definition) is 5. The van der Waals surface area contributed by atoms with Crippen molar-refractivity contribution in [3.8, 4) is 6.07 Å². The Kier molecular flexibility index (Phi) is 5.56. The quantitative estimate of drug-likeness (QED) is 0.852. The number of nitriles is 1. The third kappa shape index (κ3) is 3.81. The van der Waals surface area contributed by atoms with Gasteiger partial charge in [-0.2, -0.15) is 10.3 Å². The lowest BCUT2D eigenvalue weighted by molar-refractivity contribution is 0.0712. The number of aliphatic imine (C=N–C) groups is 1. The molecule has 0 aliphatic carbocycles. The number of piperidine rings is 1. The lowest BCUT2D eigenvalue weighted by atomic mass is 9.88. The molecule has 2 aromatic rings. The molecular formula is C24H27N5O. The van der Waals surface area contributed by atoms with E-state index in [9.17, 15) is 4.79 Å². The molecule has 6 heteroatoms. The van der Waals surface area contributed by atoms with E-state index in [0.717, 1.165) is 48.2 Å². The summed E-state index contributed by atoms with van der Waals surface area (Å²) in [5.41, 5.74) is 8.99. The summed E-state index contributed by atoms with van der Waals surface area (Å²) >= 11 is 0. The summed E-state index contributed by atoms with van der Waals surface area (Å²) in [5, 5.41) is 10.9. The molecule has 0 radical (unpaired) electrons. The lowest BCUT2D eigenvalue weighted by Gasteiger charge is -2.33. The van der Waals surface area contributed by atoms with Crippen LogP contribution < -0.4 is 5.43 Å². The van der Waals surface area contributed by atoms with Gasteiger partial charge in [-0.3, -0.25) is 4.79 Å². The van der Waals surface area contributed by atoms with Crippen molar-refractivity contribution in [3.05, 3.63) is 69.8 Å². The van der Waals surface area contributed by atoms with E-state index in [1.165, 1.54) is 5.56 Å². The van der Waals surface area contributed by atoms with Crippen LogP contribution in [-0.4, -0.2) is 42.3 Å². The van der Waals surface area contributed by atoms with Crippen LogP contribution in [0.5, 0.6) is 0 Å². The van der Waals surface area contributed by atoms with E-state index >= 15 is 0 Å². The molecule has 0 aromatic heterocycles. The number of likely N-dealkylation sites (tertiary alicyclic amines) is 1. The van der Waals surface area contributed by atoms with Gasteiger partial charge in [0.1, 0.15) is 6.17 Å². The number of benzene rings is 2. The fraction of sp³-hybridized carbons (Fsp3) is 0.375. The second-order valence-corrected chi connectivity index (χ2v) is 8.22. The average Bonchev–Trinajstić information content (AvgIpc) is 3.19. The van der Waals surface area contributed by atoms with Crippen molar-refractivity contribution in [1.29, 1.82) is 5.26 Å². The first kappa shape index (κ1) is 20.1. The molecule has 1 fully saturated rings. The zero-order valence-corrected chi connectivity index (χ0v) is 17.7. The van der Waals surface area contributed by atoms with Crippen LogP contribution in [0.2, 0.25) is 0 Å². The summed E-state index contributed by atoms with van der Waals surface area (Å²) in [6.45, 7) is 5.57. The molecule has 6 nitrogen and oxygen atoms in total. The smallest absolute Gasteiger partial charge is 0.254 e. The van der Waals surface area contributed by atoms with Gasteiger partial charge >= 0.3 is 0 Å². The molecule has 1 atom stereocenters. The SMILES string of the molecule is Cc1cc(C)c(C2N=CNN2C)cc1C(=O)N1CCC(c2ccc(C#N)cc2)CC1. The Morgan fingerprint density at radius 3 is 2.43 bits per heavy atom. The molecule has 2 aromatic carbocycles. The summed E-state index contributed by atoms with van der Waals surface area (Å²) < 4.78 is 0. The van der Waals surface area contributed by atoms with Gasteiger partial charge in [0.2, 0.25) is 0 Å². The summed E-state index contributed by atoms with van der Waals surface area (Å²) in [7, 11) is 1.95. The maximum atomic E-state index is 13.3. The Morgan fingerprint density at radius 2 is 1.83 bits per heavy atom. The van der Waals surface area contributed by atoms with Crippen molar-refractivity contribution in [1.82, 2.24) is 15.3 Å². The summed E-state index contributed by atoms with van der Waals surface area (Å²) in [5.74, 6) is 0.536. The van der Waals surface area contributed by atoms with E-state index in [0.29, 0.717) is 11.5 Å². The topological polar surface area (TPSA) is 71.7 Å². The molecule has 30 heavy (non-hydrogen) atoms. The number of nitrogens with zero attached hydrogens (tertiary/aromatic N) is 4. The molecular weight excluding hydrogens is 374 g/mol. The van der Waals surface area contributed by atoms with E-state index < -0.39 is 0 Å². The Bertz CT molecular complexity index is 1010. The van der Waals surface area contributed by atoms with Crippen molar-refractivity contribution in [2.45, 2.75) is 38.8 Å². The first-order valence-corrected chi connectivity index (χ1v) is 10.4. The van der Waals surface area contributed by atoms with Crippen LogP contribution in [0.15, 0.2) is 41.4 Å². The van der Waals surface area contributed by atoms with E-state index in [4.69, 9.17) is 5.26 Å². The number of hydrogen-bond donors (Lipinski definition) is 1. The third-order valence-electron chi connectivity index (χ3n) is 6.26. The zero-order chi connectivity index (χ0) is 21.3. The Morgan fingerprint density at radius 1 is 1.13 bits per heavy atom. The number of carbonyl (C=O) groups excluding carboxylic acids is 1. The largest absolute Gasteiger partial charge is 0.339 e. The molecule has 154 valence electrons. The van der Waals surface area contributed by atoms with Crippen LogP contribution in [0.25, 0.3) is 0 Å². The molecule has 2 aliphatic heterocycles. The zero-order valence-electron chi connectivity index (χ0n) is 17.7. The van der Waals surface area contributed by atoms with Gasteiger partial charge in [0.25, 0.3) is 5.91 Å². The summed E-state index contributed by atoms with van der Waals surface area (Å²) in [6.07, 6.45) is 3.46. The standard InChI is InChI=1S/C24H27N5O/c1-16-12-17(2)22(13-21(16)23-26-15-27-28(23)3)24(30)29-10-8-20(9-11-29)19-6-4-18(14-25)5-7-19/h4-7,12-13,15,20,23H,8-11H2,1-3H3,(H,26,27). The van der Waals surface area contributed by atoms with Gasteiger partial charge in [-0.25, -0.2) is 4.99 Å². The highest BCUT2D eigenvalue weighted by atomic mass is 16.2. The maximum Gasteiger partial charge on any atom is 0.254 e. The molecule has 2 heterocycles. The predicted molar refractivity (Wildman–Crippen MR) is 117 cm³/mol. The van der Waals surface area contributed by atoms with Gasteiger partial charge in [-0.05, 0) is 73.1 Å². The molecule has 0 saturated carbocycles. The van der Waals surface area contributed by atoms with E-state index in [1.807, 2.05) is 54.2 Å². The Labute approximate surface area is 177 Å². The molecule has 1 saturated heterocycles.